The maximum atomic E-state index is 12.5. The monoisotopic (exact) mass is 288 g/mol. The van der Waals surface area contributed by atoms with Gasteiger partial charge in [0.25, 0.3) is 0 Å². The van der Waals surface area contributed by atoms with Gasteiger partial charge >= 0.3 is 0 Å². The van der Waals surface area contributed by atoms with Crippen molar-refractivity contribution in [2.45, 2.75) is 57.2 Å². The Labute approximate surface area is 125 Å². The zero-order valence-electron chi connectivity index (χ0n) is 12.5. The molecule has 4 heteroatoms. The number of aliphatic hydroxyl groups excluding tert-OH is 1. The predicted octanol–water partition coefficient (Wildman–Crippen LogP) is 2.60. The summed E-state index contributed by atoms with van der Waals surface area (Å²) in [7, 11) is 0. The van der Waals surface area contributed by atoms with Gasteiger partial charge in [-0.2, -0.15) is 0 Å². The number of hydrogen-bond donors (Lipinski definition) is 3. The lowest BCUT2D eigenvalue weighted by Gasteiger charge is -2.24. The number of para-hydroxylation sites is 1. The van der Waals surface area contributed by atoms with Gasteiger partial charge in [0.1, 0.15) is 0 Å². The standard InChI is InChI=1S/C17H24N2O2/c1-11(20)13-7-3-5-9-15(13)19-17(21)16-10-12-6-2-4-8-14(12)18-16/h3,5,7,9,11-12,14,16,18,20H,2,4,6,8,10H2,1H3,(H,19,21). The summed E-state index contributed by atoms with van der Waals surface area (Å²) in [6, 6.07) is 7.87. The summed E-state index contributed by atoms with van der Waals surface area (Å²) in [5, 5.41) is 16.3. The van der Waals surface area contributed by atoms with Crippen LogP contribution in [0.2, 0.25) is 0 Å². The van der Waals surface area contributed by atoms with Crippen LogP contribution < -0.4 is 10.6 Å². The van der Waals surface area contributed by atoms with Crippen molar-refractivity contribution in [2.75, 3.05) is 5.32 Å². The van der Waals surface area contributed by atoms with Gasteiger partial charge in [-0.05, 0) is 38.2 Å². The molecule has 1 saturated heterocycles. The molecule has 4 atom stereocenters. The number of hydrogen-bond acceptors (Lipinski definition) is 3. The Morgan fingerprint density at radius 1 is 1.33 bits per heavy atom. The fourth-order valence-corrected chi connectivity index (χ4v) is 3.72. The van der Waals surface area contributed by atoms with Gasteiger partial charge in [-0.1, -0.05) is 31.0 Å². The largest absolute Gasteiger partial charge is 0.389 e. The van der Waals surface area contributed by atoms with E-state index in [4.69, 9.17) is 0 Å². The van der Waals surface area contributed by atoms with Gasteiger partial charge in [0, 0.05) is 17.3 Å². The molecule has 1 heterocycles. The molecule has 3 N–H and O–H groups in total. The molecule has 1 aromatic rings. The minimum atomic E-state index is -0.583. The van der Waals surface area contributed by atoms with Crippen molar-refractivity contribution >= 4 is 11.6 Å². The van der Waals surface area contributed by atoms with Crippen LogP contribution in [-0.4, -0.2) is 23.1 Å². The highest BCUT2D eigenvalue weighted by atomic mass is 16.3. The lowest BCUT2D eigenvalue weighted by Crippen LogP contribution is -2.40. The fraction of sp³-hybridized carbons (Fsp3) is 0.588. The first kappa shape index (κ1) is 14.5. The van der Waals surface area contributed by atoms with Crippen LogP contribution in [0.25, 0.3) is 0 Å². The van der Waals surface area contributed by atoms with Crippen LogP contribution in [0.5, 0.6) is 0 Å². The van der Waals surface area contributed by atoms with Crippen molar-refractivity contribution in [1.29, 1.82) is 0 Å². The lowest BCUT2D eigenvalue weighted by atomic mass is 9.85. The number of carbonyl (C=O) groups excluding carboxylic acids is 1. The van der Waals surface area contributed by atoms with Crippen LogP contribution in [0.3, 0.4) is 0 Å². The zero-order valence-corrected chi connectivity index (χ0v) is 12.5. The van der Waals surface area contributed by atoms with Gasteiger partial charge in [0.05, 0.1) is 12.1 Å². The van der Waals surface area contributed by atoms with E-state index in [1.54, 1.807) is 6.92 Å². The first-order chi connectivity index (χ1) is 10.1. The molecule has 114 valence electrons. The van der Waals surface area contributed by atoms with Gasteiger partial charge in [0.15, 0.2) is 0 Å². The highest BCUT2D eigenvalue weighted by molar-refractivity contribution is 5.95. The molecule has 1 aliphatic heterocycles. The third-order valence-electron chi connectivity index (χ3n) is 4.85. The summed E-state index contributed by atoms with van der Waals surface area (Å²) in [4.78, 5) is 12.5. The third-order valence-corrected chi connectivity index (χ3v) is 4.85. The number of amides is 1. The van der Waals surface area contributed by atoms with E-state index in [0.29, 0.717) is 17.6 Å². The third kappa shape index (κ3) is 3.11. The van der Waals surface area contributed by atoms with Crippen molar-refractivity contribution in [3.8, 4) is 0 Å². The number of nitrogens with one attached hydrogen (secondary N) is 2. The first-order valence-electron chi connectivity index (χ1n) is 7.99. The van der Waals surface area contributed by atoms with Crippen LogP contribution in [0.1, 0.15) is 50.7 Å². The van der Waals surface area contributed by atoms with E-state index in [1.165, 1.54) is 25.7 Å². The SMILES string of the molecule is CC(O)c1ccccc1NC(=O)C1CC2CCCCC2N1. The smallest absolute Gasteiger partial charge is 0.241 e. The number of fused-ring (bicyclic) bond motifs is 1. The lowest BCUT2D eigenvalue weighted by molar-refractivity contribution is -0.117. The minimum absolute atomic E-state index is 0.0255. The topological polar surface area (TPSA) is 61.4 Å². The Bertz CT molecular complexity index is 501. The molecule has 1 aromatic carbocycles. The molecular weight excluding hydrogens is 264 g/mol. The zero-order chi connectivity index (χ0) is 14.8. The average molecular weight is 288 g/mol. The quantitative estimate of drug-likeness (QED) is 0.801. The number of anilines is 1. The molecule has 2 aliphatic rings. The number of benzene rings is 1. The van der Waals surface area contributed by atoms with E-state index < -0.39 is 6.10 Å². The van der Waals surface area contributed by atoms with E-state index >= 15 is 0 Å². The van der Waals surface area contributed by atoms with Crippen LogP contribution in [0.4, 0.5) is 5.69 Å². The Hall–Kier alpha value is -1.39. The van der Waals surface area contributed by atoms with Crippen LogP contribution >= 0.6 is 0 Å². The maximum Gasteiger partial charge on any atom is 0.241 e. The van der Waals surface area contributed by atoms with Crippen LogP contribution in [0.15, 0.2) is 24.3 Å². The van der Waals surface area contributed by atoms with Gasteiger partial charge in [-0.25, -0.2) is 0 Å². The highest BCUT2D eigenvalue weighted by Gasteiger charge is 2.38. The van der Waals surface area contributed by atoms with Crippen LogP contribution in [0, 0.1) is 5.92 Å². The molecule has 1 aliphatic carbocycles. The molecule has 4 nitrogen and oxygen atoms in total. The number of rotatable bonds is 3. The molecule has 2 fully saturated rings. The van der Waals surface area contributed by atoms with Gasteiger partial charge in [-0.15, -0.1) is 0 Å². The summed E-state index contributed by atoms with van der Waals surface area (Å²) >= 11 is 0. The van der Waals surface area contributed by atoms with Crippen molar-refractivity contribution in [3.63, 3.8) is 0 Å². The second kappa shape index (κ2) is 6.16. The highest BCUT2D eigenvalue weighted by Crippen LogP contribution is 2.33. The number of carbonyl (C=O) groups is 1. The summed E-state index contributed by atoms with van der Waals surface area (Å²) < 4.78 is 0. The Morgan fingerprint density at radius 2 is 2.10 bits per heavy atom. The van der Waals surface area contributed by atoms with E-state index in [1.807, 2.05) is 24.3 Å². The van der Waals surface area contributed by atoms with Crippen molar-refractivity contribution < 1.29 is 9.90 Å². The van der Waals surface area contributed by atoms with Gasteiger partial charge < -0.3 is 15.7 Å². The summed E-state index contributed by atoms with van der Waals surface area (Å²) in [6.45, 7) is 1.72. The fourth-order valence-electron chi connectivity index (χ4n) is 3.72. The molecular formula is C17H24N2O2. The van der Waals surface area contributed by atoms with E-state index in [9.17, 15) is 9.90 Å². The van der Waals surface area contributed by atoms with Crippen LogP contribution in [-0.2, 0) is 4.79 Å². The summed E-state index contributed by atoms with van der Waals surface area (Å²) in [6.07, 6.45) is 5.35. The Kier molecular flexibility index (Phi) is 4.27. The molecule has 1 saturated carbocycles. The van der Waals surface area contributed by atoms with Crippen molar-refractivity contribution in [3.05, 3.63) is 29.8 Å². The molecule has 0 spiro atoms. The molecule has 1 amide bonds. The maximum absolute atomic E-state index is 12.5. The second-order valence-electron chi connectivity index (χ2n) is 6.36. The second-order valence-corrected chi connectivity index (χ2v) is 6.36. The minimum Gasteiger partial charge on any atom is -0.389 e. The first-order valence-corrected chi connectivity index (χ1v) is 7.99. The van der Waals surface area contributed by atoms with E-state index in [0.717, 1.165) is 12.0 Å². The summed E-state index contributed by atoms with van der Waals surface area (Å²) in [5.74, 6) is 0.680. The van der Waals surface area contributed by atoms with E-state index in [-0.39, 0.29) is 11.9 Å². The molecule has 4 unspecified atom stereocenters. The molecule has 0 aromatic heterocycles. The van der Waals surface area contributed by atoms with Crippen molar-refractivity contribution in [2.24, 2.45) is 5.92 Å². The van der Waals surface area contributed by atoms with Crippen molar-refractivity contribution in [1.82, 2.24) is 5.32 Å². The average Bonchev–Trinajstić information content (AvgIpc) is 2.91. The molecule has 0 radical (unpaired) electrons. The Balaban J connectivity index is 1.67. The number of aliphatic hydroxyl groups is 1. The normalized spacial score (nSPS) is 29.7. The summed E-state index contributed by atoms with van der Waals surface area (Å²) in [5.41, 5.74) is 1.48. The predicted molar refractivity (Wildman–Crippen MR) is 83.0 cm³/mol. The molecule has 0 bridgehead atoms. The van der Waals surface area contributed by atoms with Gasteiger partial charge in [-0.3, -0.25) is 4.79 Å². The Morgan fingerprint density at radius 3 is 2.86 bits per heavy atom. The van der Waals surface area contributed by atoms with E-state index in [2.05, 4.69) is 10.6 Å². The molecule has 21 heavy (non-hydrogen) atoms. The molecule has 3 rings (SSSR count). The van der Waals surface area contributed by atoms with Gasteiger partial charge in [0.2, 0.25) is 5.91 Å².